The molecule has 2 aromatic rings. The monoisotopic (exact) mass is 333 g/mol. The fourth-order valence-electron chi connectivity index (χ4n) is 1.77. The lowest BCUT2D eigenvalue weighted by atomic mass is 10.1. The highest BCUT2D eigenvalue weighted by Gasteiger charge is 2.06. The van der Waals surface area contributed by atoms with Gasteiger partial charge in [-0.15, -0.1) is 0 Å². The largest absolute Gasteiger partial charge is 0.504 e. The van der Waals surface area contributed by atoms with Gasteiger partial charge in [0, 0.05) is 16.3 Å². The Kier molecular flexibility index (Phi) is 4.45. The Bertz CT molecular complexity index is 666. The Morgan fingerprint density at radius 1 is 1.15 bits per heavy atom. The van der Waals surface area contributed by atoms with E-state index in [9.17, 15) is 5.11 Å². The molecule has 2 rings (SSSR count). The van der Waals surface area contributed by atoms with Gasteiger partial charge in [-0.2, -0.15) is 0 Å². The molecule has 20 heavy (non-hydrogen) atoms. The maximum absolute atomic E-state index is 9.67. The summed E-state index contributed by atoms with van der Waals surface area (Å²) in [5.74, 6) is 0.525. The average molecular weight is 334 g/mol. The van der Waals surface area contributed by atoms with E-state index in [-0.39, 0.29) is 5.75 Å². The first kappa shape index (κ1) is 14.6. The van der Waals surface area contributed by atoms with E-state index < -0.39 is 0 Å². The predicted molar refractivity (Wildman–Crippen MR) is 85.5 cm³/mol. The van der Waals surface area contributed by atoms with E-state index in [2.05, 4.69) is 40.8 Å². The zero-order chi connectivity index (χ0) is 14.7. The van der Waals surface area contributed by atoms with Crippen LogP contribution in [-0.2, 0) is 0 Å². The molecule has 0 unspecified atom stereocenters. The lowest BCUT2D eigenvalue weighted by Gasteiger charge is -2.06. The number of phenolic OH excluding ortho intramolecular Hbond substituents is 1. The van der Waals surface area contributed by atoms with Crippen molar-refractivity contribution < 1.29 is 9.84 Å². The van der Waals surface area contributed by atoms with Crippen molar-refractivity contribution in [2.24, 2.45) is 4.99 Å². The number of ether oxygens (including phenoxy) is 1. The predicted octanol–water partition coefficient (Wildman–Crippen LogP) is 4.53. The molecule has 0 saturated heterocycles. The normalized spacial score (nSPS) is 11.0. The van der Waals surface area contributed by atoms with E-state index >= 15 is 0 Å². The van der Waals surface area contributed by atoms with Crippen LogP contribution in [0.25, 0.3) is 0 Å². The summed E-state index contributed by atoms with van der Waals surface area (Å²) in [5.41, 5.74) is 4.20. The first-order chi connectivity index (χ1) is 9.51. The molecule has 0 saturated carbocycles. The molecular formula is C16H16BrNO2. The van der Waals surface area contributed by atoms with Gasteiger partial charge < -0.3 is 9.84 Å². The minimum atomic E-state index is 0.0997. The maximum Gasteiger partial charge on any atom is 0.161 e. The summed E-state index contributed by atoms with van der Waals surface area (Å²) in [5, 5.41) is 9.67. The first-order valence-electron chi connectivity index (χ1n) is 6.19. The van der Waals surface area contributed by atoms with Crippen LogP contribution in [0.4, 0.5) is 5.69 Å². The number of phenols is 1. The number of aromatic hydroxyl groups is 1. The van der Waals surface area contributed by atoms with Crippen molar-refractivity contribution in [3.05, 3.63) is 51.5 Å². The van der Waals surface area contributed by atoms with E-state index in [0.717, 1.165) is 15.7 Å². The Hall–Kier alpha value is -1.81. The zero-order valence-corrected chi connectivity index (χ0v) is 13.2. The molecule has 0 bridgehead atoms. The summed E-state index contributed by atoms with van der Waals surface area (Å²) >= 11 is 3.40. The molecule has 0 atom stereocenters. The average Bonchev–Trinajstić information content (AvgIpc) is 2.41. The van der Waals surface area contributed by atoms with Crippen LogP contribution < -0.4 is 4.74 Å². The summed E-state index contributed by atoms with van der Waals surface area (Å²) in [7, 11) is 1.52. The summed E-state index contributed by atoms with van der Waals surface area (Å²) in [6.45, 7) is 4.14. The molecule has 0 heterocycles. The minimum absolute atomic E-state index is 0.0997. The molecule has 0 aliphatic heterocycles. The molecule has 0 amide bonds. The van der Waals surface area contributed by atoms with Crippen LogP contribution in [0.2, 0.25) is 0 Å². The van der Waals surface area contributed by atoms with Crippen molar-refractivity contribution in [2.75, 3.05) is 7.11 Å². The number of hydrogen-bond acceptors (Lipinski definition) is 3. The highest BCUT2D eigenvalue weighted by molar-refractivity contribution is 9.10. The van der Waals surface area contributed by atoms with Crippen LogP contribution in [0, 0.1) is 13.8 Å². The van der Waals surface area contributed by atoms with Crippen molar-refractivity contribution in [3.63, 3.8) is 0 Å². The van der Waals surface area contributed by atoms with Crippen LogP contribution in [0.5, 0.6) is 11.5 Å². The molecule has 0 aromatic heterocycles. The quantitative estimate of drug-likeness (QED) is 0.838. The zero-order valence-electron chi connectivity index (χ0n) is 11.6. The van der Waals surface area contributed by atoms with Gasteiger partial charge in [0.2, 0.25) is 0 Å². The summed E-state index contributed by atoms with van der Waals surface area (Å²) in [6, 6.07) is 9.40. The SMILES string of the molecule is COc1cc(C=Nc2ccc(C)c(C)c2)c(Br)cc1O. The Labute approximate surface area is 127 Å². The van der Waals surface area contributed by atoms with Gasteiger partial charge in [-0.05, 0) is 65.2 Å². The molecule has 2 aromatic carbocycles. The number of methoxy groups -OCH3 is 1. The number of halogens is 1. The van der Waals surface area contributed by atoms with Crippen LogP contribution in [0.1, 0.15) is 16.7 Å². The number of hydrogen-bond donors (Lipinski definition) is 1. The molecule has 104 valence electrons. The highest BCUT2D eigenvalue weighted by Crippen LogP contribution is 2.31. The molecule has 4 heteroatoms. The maximum atomic E-state index is 9.67. The van der Waals surface area contributed by atoms with Gasteiger partial charge >= 0.3 is 0 Å². The van der Waals surface area contributed by atoms with Crippen LogP contribution >= 0.6 is 15.9 Å². The topological polar surface area (TPSA) is 41.8 Å². The van der Waals surface area contributed by atoms with Crippen molar-refractivity contribution in [3.8, 4) is 11.5 Å². The smallest absolute Gasteiger partial charge is 0.161 e. The summed E-state index contributed by atoms with van der Waals surface area (Å²) < 4.78 is 5.86. The van der Waals surface area contributed by atoms with Crippen LogP contribution in [-0.4, -0.2) is 18.4 Å². The second-order valence-corrected chi connectivity index (χ2v) is 5.43. The van der Waals surface area contributed by atoms with Gasteiger partial charge in [0.05, 0.1) is 12.8 Å². The third-order valence-electron chi connectivity index (χ3n) is 3.14. The van der Waals surface area contributed by atoms with Crippen LogP contribution in [0.3, 0.4) is 0 Å². The van der Waals surface area contributed by atoms with Crippen LogP contribution in [0.15, 0.2) is 39.8 Å². The molecule has 1 N–H and O–H groups in total. The second-order valence-electron chi connectivity index (χ2n) is 4.57. The number of nitrogens with zero attached hydrogens (tertiary/aromatic N) is 1. The van der Waals surface area contributed by atoms with Crippen molar-refractivity contribution >= 4 is 27.8 Å². The molecule has 3 nitrogen and oxygen atoms in total. The van der Waals surface area contributed by atoms with Gasteiger partial charge in [0.25, 0.3) is 0 Å². The van der Waals surface area contributed by atoms with Crippen molar-refractivity contribution in [2.45, 2.75) is 13.8 Å². The van der Waals surface area contributed by atoms with Gasteiger partial charge in [-0.25, -0.2) is 0 Å². The van der Waals surface area contributed by atoms with E-state index in [0.29, 0.717) is 5.75 Å². The van der Waals surface area contributed by atoms with E-state index in [1.165, 1.54) is 18.2 Å². The third kappa shape index (κ3) is 3.20. The van der Waals surface area contributed by atoms with Crippen molar-refractivity contribution in [1.29, 1.82) is 0 Å². The molecule has 0 aliphatic carbocycles. The third-order valence-corrected chi connectivity index (χ3v) is 3.83. The number of aliphatic imine (C=N–C) groups is 1. The van der Waals surface area contributed by atoms with E-state index in [4.69, 9.17) is 4.74 Å². The van der Waals surface area contributed by atoms with Crippen molar-refractivity contribution in [1.82, 2.24) is 0 Å². The Balaban J connectivity index is 2.33. The molecule has 0 radical (unpaired) electrons. The van der Waals surface area contributed by atoms with Gasteiger partial charge in [-0.1, -0.05) is 6.07 Å². The fourth-order valence-corrected chi connectivity index (χ4v) is 2.20. The molecule has 0 aliphatic rings. The fraction of sp³-hybridized carbons (Fsp3) is 0.188. The molecular weight excluding hydrogens is 318 g/mol. The van der Waals surface area contributed by atoms with Gasteiger partial charge in [0.1, 0.15) is 0 Å². The van der Waals surface area contributed by atoms with E-state index in [1.54, 1.807) is 18.3 Å². The minimum Gasteiger partial charge on any atom is -0.504 e. The second kappa shape index (κ2) is 6.09. The summed E-state index contributed by atoms with van der Waals surface area (Å²) in [6.07, 6.45) is 1.75. The standard InChI is InChI=1S/C16H16BrNO2/c1-10-4-5-13(6-11(10)2)18-9-12-7-16(20-3)15(19)8-14(12)17/h4-9,19H,1-3H3. The summed E-state index contributed by atoms with van der Waals surface area (Å²) in [4.78, 5) is 4.45. The highest BCUT2D eigenvalue weighted by atomic mass is 79.9. The lowest BCUT2D eigenvalue weighted by Crippen LogP contribution is -1.89. The van der Waals surface area contributed by atoms with Gasteiger partial charge in [0.15, 0.2) is 11.5 Å². The Morgan fingerprint density at radius 2 is 1.90 bits per heavy atom. The number of benzene rings is 2. The molecule has 0 fully saturated rings. The van der Waals surface area contributed by atoms with E-state index in [1.807, 2.05) is 12.1 Å². The lowest BCUT2D eigenvalue weighted by molar-refractivity contribution is 0.373. The number of rotatable bonds is 3. The van der Waals surface area contributed by atoms with Gasteiger partial charge in [-0.3, -0.25) is 4.99 Å². The number of aryl methyl sites for hydroxylation is 2. The molecule has 0 spiro atoms. The first-order valence-corrected chi connectivity index (χ1v) is 6.98. The Morgan fingerprint density at radius 3 is 2.55 bits per heavy atom.